The third-order valence-corrected chi connectivity index (χ3v) is 5.85. The summed E-state index contributed by atoms with van der Waals surface area (Å²) in [6.07, 6.45) is 6.41. The van der Waals surface area contributed by atoms with Gasteiger partial charge in [-0.15, -0.1) is 11.3 Å². The van der Waals surface area contributed by atoms with Crippen molar-refractivity contribution in [2.75, 3.05) is 20.2 Å². The highest BCUT2D eigenvalue weighted by Gasteiger charge is 2.20. The summed E-state index contributed by atoms with van der Waals surface area (Å²) >= 11 is 1.67. The van der Waals surface area contributed by atoms with E-state index in [0.29, 0.717) is 6.04 Å². The van der Waals surface area contributed by atoms with Crippen LogP contribution in [-0.2, 0) is 13.1 Å². The van der Waals surface area contributed by atoms with Gasteiger partial charge in [-0.1, -0.05) is 12.1 Å². The Labute approximate surface area is 164 Å². The predicted octanol–water partition coefficient (Wildman–Crippen LogP) is 3.70. The van der Waals surface area contributed by atoms with Crippen molar-refractivity contribution < 1.29 is 4.74 Å². The summed E-state index contributed by atoms with van der Waals surface area (Å²) in [4.78, 5) is 6.96. The Hall–Kier alpha value is -2.15. The molecule has 1 fully saturated rings. The molecule has 2 aromatic heterocycles. The molecule has 0 aliphatic carbocycles. The largest absolute Gasteiger partial charge is 0.497 e. The van der Waals surface area contributed by atoms with Crippen LogP contribution in [-0.4, -0.2) is 40.7 Å². The number of hydrogen-bond acceptors (Lipinski definition) is 5. The lowest BCUT2D eigenvalue weighted by atomic mass is 10.0. The Balaban J connectivity index is 1.33. The van der Waals surface area contributed by atoms with Gasteiger partial charge in [-0.3, -0.25) is 9.47 Å². The predicted molar refractivity (Wildman–Crippen MR) is 110 cm³/mol. The molecule has 0 amide bonds. The number of rotatable bonds is 7. The number of methoxy groups -OCH3 is 1. The Kier molecular flexibility index (Phi) is 5.87. The van der Waals surface area contributed by atoms with Crippen molar-refractivity contribution in [1.29, 1.82) is 0 Å². The van der Waals surface area contributed by atoms with E-state index in [1.165, 1.54) is 24.1 Å². The molecule has 5 nitrogen and oxygen atoms in total. The van der Waals surface area contributed by atoms with Crippen molar-refractivity contribution in [2.45, 2.75) is 32.0 Å². The Morgan fingerprint density at radius 3 is 3.11 bits per heavy atom. The summed E-state index contributed by atoms with van der Waals surface area (Å²) in [5.74, 6) is 0.933. The number of likely N-dealkylation sites (tertiary alicyclic amines) is 1. The monoisotopic (exact) mass is 382 g/mol. The maximum absolute atomic E-state index is 5.35. The molecule has 0 radical (unpaired) electrons. The molecule has 0 spiro atoms. The number of nitrogens with one attached hydrogen (secondary N) is 1. The van der Waals surface area contributed by atoms with Crippen molar-refractivity contribution in [3.8, 4) is 10.9 Å². The highest BCUT2D eigenvalue weighted by atomic mass is 32.1. The molecule has 1 aliphatic heterocycles. The summed E-state index contributed by atoms with van der Waals surface area (Å²) < 4.78 is 7.52. The molecular formula is C21H26N4OS. The van der Waals surface area contributed by atoms with Gasteiger partial charge in [0, 0.05) is 49.1 Å². The molecule has 0 saturated carbocycles. The minimum absolute atomic E-state index is 0.518. The Morgan fingerprint density at radius 1 is 1.30 bits per heavy atom. The molecule has 1 unspecified atom stereocenters. The smallest absolute Gasteiger partial charge is 0.193 e. The minimum Gasteiger partial charge on any atom is -0.497 e. The van der Waals surface area contributed by atoms with Crippen LogP contribution in [0.1, 0.15) is 24.1 Å². The molecule has 142 valence electrons. The average Bonchev–Trinajstić information content (AvgIpc) is 3.38. The van der Waals surface area contributed by atoms with Crippen molar-refractivity contribution in [1.82, 2.24) is 19.8 Å². The maximum atomic E-state index is 5.35. The molecule has 3 aromatic rings. The molecule has 4 rings (SSSR count). The number of piperidine rings is 1. The number of ether oxygens (including phenoxy) is 1. The van der Waals surface area contributed by atoms with Gasteiger partial charge in [0.2, 0.25) is 0 Å². The van der Waals surface area contributed by atoms with Gasteiger partial charge in [-0.05, 0) is 49.2 Å². The topological polar surface area (TPSA) is 42.3 Å². The van der Waals surface area contributed by atoms with Crippen molar-refractivity contribution in [3.05, 3.63) is 65.4 Å². The zero-order valence-corrected chi connectivity index (χ0v) is 16.5. The van der Waals surface area contributed by atoms with Crippen LogP contribution in [0.4, 0.5) is 0 Å². The third-order valence-electron chi connectivity index (χ3n) is 5.08. The quantitative estimate of drug-likeness (QED) is 0.677. The van der Waals surface area contributed by atoms with E-state index in [1.54, 1.807) is 18.4 Å². The zero-order chi connectivity index (χ0) is 18.5. The first-order valence-electron chi connectivity index (χ1n) is 9.46. The highest BCUT2D eigenvalue weighted by Crippen LogP contribution is 2.19. The fraction of sp³-hybridized carbons (Fsp3) is 0.381. The Bertz CT molecular complexity index is 846. The standard InChI is InChI=1S/C21H26N4OS/c1-26-20-8-2-5-17(13-20)15-24-10-3-6-18(16-24)23-14-19-7-4-11-25(19)21-22-9-12-27-21/h2,4-5,7-9,11-13,18,23H,3,6,10,14-16H2,1H3. The number of hydrogen-bond donors (Lipinski definition) is 1. The van der Waals surface area contributed by atoms with Gasteiger partial charge < -0.3 is 10.1 Å². The summed E-state index contributed by atoms with van der Waals surface area (Å²) in [6.45, 7) is 4.08. The molecule has 6 heteroatoms. The molecule has 27 heavy (non-hydrogen) atoms. The van der Waals surface area contributed by atoms with Crippen molar-refractivity contribution in [2.24, 2.45) is 0 Å². The van der Waals surface area contributed by atoms with E-state index < -0.39 is 0 Å². The molecule has 1 aromatic carbocycles. The normalized spacial score (nSPS) is 17.9. The average molecular weight is 383 g/mol. The van der Waals surface area contributed by atoms with E-state index in [1.807, 2.05) is 17.6 Å². The van der Waals surface area contributed by atoms with Gasteiger partial charge >= 0.3 is 0 Å². The molecule has 3 heterocycles. The van der Waals surface area contributed by atoms with E-state index in [-0.39, 0.29) is 0 Å². The number of aromatic nitrogens is 2. The van der Waals surface area contributed by atoms with Gasteiger partial charge in [-0.25, -0.2) is 4.98 Å². The van der Waals surface area contributed by atoms with E-state index in [2.05, 4.69) is 56.3 Å². The molecular weight excluding hydrogens is 356 g/mol. The Morgan fingerprint density at radius 2 is 2.26 bits per heavy atom. The maximum Gasteiger partial charge on any atom is 0.193 e. The lowest BCUT2D eigenvalue weighted by Crippen LogP contribution is -2.45. The zero-order valence-electron chi connectivity index (χ0n) is 15.7. The van der Waals surface area contributed by atoms with E-state index in [4.69, 9.17) is 4.74 Å². The van der Waals surface area contributed by atoms with E-state index in [9.17, 15) is 0 Å². The van der Waals surface area contributed by atoms with Gasteiger partial charge in [0.1, 0.15) is 5.75 Å². The van der Waals surface area contributed by atoms with E-state index >= 15 is 0 Å². The van der Waals surface area contributed by atoms with Crippen LogP contribution in [0.2, 0.25) is 0 Å². The third kappa shape index (κ3) is 4.58. The second-order valence-corrected chi connectivity index (χ2v) is 7.86. The van der Waals surface area contributed by atoms with Crippen LogP contribution in [0.15, 0.2) is 54.2 Å². The lowest BCUT2D eigenvalue weighted by molar-refractivity contribution is 0.182. The molecule has 1 saturated heterocycles. The summed E-state index contributed by atoms with van der Waals surface area (Å²) in [7, 11) is 1.72. The summed E-state index contributed by atoms with van der Waals surface area (Å²) in [5, 5.41) is 6.80. The highest BCUT2D eigenvalue weighted by molar-refractivity contribution is 7.12. The van der Waals surface area contributed by atoms with Crippen LogP contribution in [0.25, 0.3) is 5.13 Å². The lowest BCUT2D eigenvalue weighted by Gasteiger charge is -2.33. The van der Waals surface area contributed by atoms with Crippen LogP contribution in [0.3, 0.4) is 0 Å². The molecule has 0 bridgehead atoms. The number of nitrogens with zero attached hydrogens (tertiary/aromatic N) is 3. The van der Waals surface area contributed by atoms with Crippen LogP contribution >= 0.6 is 11.3 Å². The SMILES string of the molecule is COc1cccc(CN2CCCC(NCc3cccn3-c3nccs3)C2)c1. The second-order valence-electron chi connectivity index (χ2n) is 6.99. The number of benzene rings is 1. The van der Waals surface area contributed by atoms with Crippen molar-refractivity contribution >= 4 is 11.3 Å². The van der Waals surface area contributed by atoms with Crippen LogP contribution in [0, 0.1) is 0 Å². The summed E-state index contributed by atoms with van der Waals surface area (Å²) in [6, 6.07) is 13.2. The van der Waals surface area contributed by atoms with Gasteiger partial charge in [0.25, 0.3) is 0 Å². The second kappa shape index (κ2) is 8.69. The van der Waals surface area contributed by atoms with Crippen LogP contribution < -0.4 is 10.1 Å². The fourth-order valence-electron chi connectivity index (χ4n) is 3.73. The first-order valence-corrected chi connectivity index (χ1v) is 10.3. The van der Waals surface area contributed by atoms with Gasteiger partial charge in [0.15, 0.2) is 5.13 Å². The first-order chi connectivity index (χ1) is 13.3. The minimum atomic E-state index is 0.518. The summed E-state index contributed by atoms with van der Waals surface area (Å²) in [5.41, 5.74) is 2.57. The molecule has 1 aliphatic rings. The van der Waals surface area contributed by atoms with Gasteiger partial charge in [-0.2, -0.15) is 0 Å². The van der Waals surface area contributed by atoms with Crippen molar-refractivity contribution in [3.63, 3.8) is 0 Å². The fourth-order valence-corrected chi connectivity index (χ4v) is 4.38. The number of thiazole rings is 1. The molecule has 1 N–H and O–H groups in total. The van der Waals surface area contributed by atoms with Gasteiger partial charge in [0.05, 0.1) is 7.11 Å². The first kappa shape index (κ1) is 18.2. The van der Waals surface area contributed by atoms with Crippen LogP contribution in [0.5, 0.6) is 5.75 Å². The molecule has 1 atom stereocenters. The van der Waals surface area contributed by atoms with E-state index in [0.717, 1.165) is 37.1 Å².